The SMILES string of the molecule is C=CCNC(=O)CSCc1nnnn1-c1ccccc1. The Kier molecular flexibility index (Phi) is 5.31. The van der Waals surface area contributed by atoms with Crippen molar-refractivity contribution in [2.75, 3.05) is 12.3 Å². The summed E-state index contributed by atoms with van der Waals surface area (Å²) in [6.07, 6.45) is 1.65. The van der Waals surface area contributed by atoms with Crippen LogP contribution in [0.25, 0.3) is 5.69 Å². The zero-order chi connectivity index (χ0) is 14.2. The second-order valence-electron chi connectivity index (χ2n) is 3.93. The van der Waals surface area contributed by atoms with E-state index >= 15 is 0 Å². The Labute approximate surface area is 121 Å². The highest BCUT2D eigenvalue weighted by Crippen LogP contribution is 2.13. The van der Waals surface area contributed by atoms with Crippen LogP contribution in [0.5, 0.6) is 0 Å². The minimum absolute atomic E-state index is 0.0198. The smallest absolute Gasteiger partial charge is 0.230 e. The van der Waals surface area contributed by atoms with Gasteiger partial charge < -0.3 is 5.32 Å². The molecule has 0 aliphatic heterocycles. The number of tetrazole rings is 1. The fourth-order valence-electron chi connectivity index (χ4n) is 1.54. The molecule has 1 heterocycles. The lowest BCUT2D eigenvalue weighted by atomic mass is 10.3. The third kappa shape index (κ3) is 3.92. The highest BCUT2D eigenvalue weighted by atomic mass is 32.2. The highest BCUT2D eigenvalue weighted by molar-refractivity contribution is 7.99. The second-order valence-corrected chi connectivity index (χ2v) is 4.91. The number of nitrogens with one attached hydrogen (secondary N) is 1. The van der Waals surface area contributed by atoms with Crippen LogP contribution in [0.15, 0.2) is 43.0 Å². The van der Waals surface area contributed by atoms with E-state index in [9.17, 15) is 4.79 Å². The first-order valence-electron chi connectivity index (χ1n) is 6.09. The molecule has 0 aliphatic rings. The standard InChI is InChI=1S/C13H15N5OS/c1-2-8-14-13(19)10-20-9-12-15-16-17-18(12)11-6-4-3-5-7-11/h2-7H,1,8-10H2,(H,14,19). The lowest BCUT2D eigenvalue weighted by Crippen LogP contribution is -2.25. The van der Waals surface area contributed by atoms with Crippen molar-refractivity contribution in [1.82, 2.24) is 25.5 Å². The number of hydrogen-bond donors (Lipinski definition) is 1. The van der Waals surface area contributed by atoms with Crippen LogP contribution in [0.4, 0.5) is 0 Å². The normalized spacial score (nSPS) is 10.2. The molecule has 0 aliphatic carbocycles. The Morgan fingerprint density at radius 2 is 2.20 bits per heavy atom. The molecule has 1 amide bonds. The summed E-state index contributed by atoms with van der Waals surface area (Å²) in [5, 5.41) is 14.4. The average molecular weight is 289 g/mol. The van der Waals surface area contributed by atoms with Crippen LogP contribution in [-0.4, -0.2) is 38.4 Å². The molecule has 104 valence electrons. The van der Waals surface area contributed by atoms with Crippen molar-refractivity contribution < 1.29 is 4.79 Å². The van der Waals surface area contributed by atoms with Crippen molar-refractivity contribution in [3.63, 3.8) is 0 Å². The van der Waals surface area contributed by atoms with E-state index in [0.29, 0.717) is 18.1 Å². The van der Waals surface area contributed by atoms with Crippen LogP contribution in [0.1, 0.15) is 5.82 Å². The first kappa shape index (κ1) is 14.3. The van der Waals surface area contributed by atoms with E-state index in [1.807, 2.05) is 30.3 Å². The van der Waals surface area contributed by atoms with Gasteiger partial charge >= 0.3 is 0 Å². The van der Waals surface area contributed by atoms with Crippen LogP contribution in [0.2, 0.25) is 0 Å². The molecule has 2 rings (SSSR count). The summed E-state index contributed by atoms with van der Waals surface area (Å²) in [4.78, 5) is 11.4. The van der Waals surface area contributed by atoms with Crippen LogP contribution >= 0.6 is 11.8 Å². The maximum Gasteiger partial charge on any atom is 0.230 e. The van der Waals surface area contributed by atoms with Crippen LogP contribution in [-0.2, 0) is 10.5 Å². The molecule has 7 heteroatoms. The first-order chi connectivity index (χ1) is 9.81. The molecule has 0 radical (unpaired) electrons. The second kappa shape index (κ2) is 7.44. The Morgan fingerprint density at radius 3 is 2.95 bits per heavy atom. The molecular formula is C13H15N5OS. The number of para-hydroxylation sites is 1. The summed E-state index contributed by atoms with van der Waals surface area (Å²) in [5.74, 6) is 1.64. The first-order valence-corrected chi connectivity index (χ1v) is 7.24. The monoisotopic (exact) mass is 289 g/mol. The van der Waals surface area contributed by atoms with E-state index in [4.69, 9.17) is 0 Å². The Morgan fingerprint density at radius 1 is 1.40 bits per heavy atom. The van der Waals surface area contributed by atoms with Gasteiger partial charge in [0.1, 0.15) is 0 Å². The Hall–Kier alpha value is -2.15. The Balaban J connectivity index is 1.90. The summed E-state index contributed by atoms with van der Waals surface area (Å²) in [6, 6.07) is 9.65. The molecule has 2 aromatic rings. The van der Waals surface area contributed by atoms with E-state index in [1.165, 1.54) is 11.8 Å². The third-order valence-electron chi connectivity index (χ3n) is 2.44. The van der Waals surface area contributed by atoms with Gasteiger partial charge in [0.2, 0.25) is 5.91 Å². The average Bonchev–Trinajstić information content (AvgIpc) is 2.94. The predicted octanol–water partition coefficient (Wildman–Crippen LogP) is 1.20. The maximum atomic E-state index is 11.4. The van der Waals surface area contributed by atoms with E-state index in [1.54, 1.807) is 10.8 Å². The van der Waals surface area contributed by atoms with E-state index in [0.717, 1.165) is 11.5 Å². The van der Waals surface area contributed by atoms with Gasteiger partial charge in [0.05, 0.1) is 17.2 Å². The molecule has 20 heavy (non-hydrogen) atoms. The molecule has 0 spiro atoms. The molecule has 0 atom stereocenters. The molecule has 0 bridgehead atoms. The van der Waals surface area contributed by atoms with Crippen molar-refractivity contribution in [3.05, 3.63) is 48.8 Å². The van der Waals surface area contributed by atoms with Crippen LogP contribution in [0.3, 0.4) is 0 Å². The number of carbonyl (C=O) groups is 1. The number of hydrogen-bond acceptors (Lipinski definition) is 5. The van der Waals surface area contributed by atoms with E-state index in [2.05, 4.69) is 27.4 Å². The number of nitrogens with zero attached hydrogens (tertiary/aromatic N) is 4. The summed E-state index contributed by atoms with van der Waals surface area (Å²) in [7, 11) is 0. The lowest BCUT2D eigenvalue weighted by Gasteiger charge is -2.04. The van der Waals surface area contributed by atoms with Crippen LogP contribution in [0, 0.1) is 0 Å². The molecular weight excluding hydrogens is 274 g/mol. The van der Waals surface area contributed by atoms with Gasteiger partial charge in [0.25, 0.3) is 0 Å². The largest absolute Gasteiger partial charge is 0.352 e. The van der Waals surface area contributed by atoms with Crippen molar-refractivity contribution in [2.45, 2.75) is 5.75 Å². The van der Waals surface area contributed by atoms with Gasteiger partial charge in [-0.2, -0.15) is 4.68 Å². The minimum atomic E-state index is -0.0198. The Bertz CT molecular complexity index is 569. The summed E-state index contributed by atoms with van der Waals surface area (Å²) >= 11 is 1.47. The molecule has 1 N–H and O–H groups in total. The van der Waals surface area contributed by atoms with Crippen molar-refractivity contribution >= 4 is 17.7 Å². The number of benzene rings is 1. The summed E-state index contributed by atoms with van der Waals surface area (Å²) in [6.45, 7) is 4.03. The molecule has 1 aromatic heterocycles. The zero-order valence-corrected chi connectivity index (χ0v) is 11.7. The van der Waals surface area contributed by atoms with Gasteiger partial charge in [0.15, 0.2) is 5.82 Å². The quantitative estimate of drug-likeness (QED) is 0.775. The van der Waals surface area contributed by atoms with E-state index in [-0.39, 0.29) is 5.91 Å². The van der Waals surface area contributed by atoms with Gasteiger partial charge in [-0.1, -0.05) is 24.3 Å². The molecule has 0 saturated heterocycles. The predicted molar refractivity (Wildman–Crippen MR) is 78.5 cm³/mol. The molecule has 0 fully saturated rings. The molecule has 6 nitrogen and oxygen atoms in total. The molecule has 1 aromatic carbocycles. The summed E-state index contributed by atoms with van der Waals surface area (Å²) < 4.78 is 1.68. The number of carbonyl (C=O) groups excluding carboxylic acids is 1. The van der Waals surface area contributed by atoms with Gasteiger partial charge in [-0.05, 0) is 22.6 Å². The van der Waals surface area contributed by atoms with E-state index < -0.39 is 0 Å². The number of rotatable bonds is 7. The van der Waals surface area contributed by atoms with Crippen molar-refractivity contribution in [3.8, 4) is 5.69 Å². The minimum Gasteiger partial charge on any atom is -0.352 e. The lowest BCUT2D eigenvalue weighted by molar-refractivity contribution is -0.118. The fourth-order valence-corrected chi connectivity index (χ4v) is 2.29. The third-order valence-corrected chi connectivity index (χ3v) is 3.37. The van der Waals surface area contributed by atoms with Gasteiger partial charge in [-0.15, -0.1) is 23.4 Å². The van der Waals surface area contributed by atoms with Gasteiger partial charge in [0, 0.05) is 6.54 Å². The molecule has 0 saturated carbocycles. The summed E-state index contributed by atoms with van der Waals surface area (Å²) in [5.41, 5.74) is 0.907. The number of amides is 1. The van der Waals surface area contributed by atoms with Gasteiger partial charge in [-0.3, -0.25) is 4.79 Å². The van der Waals surface area contributed by atoms with Crippen LogP contribution < -0.4 is 5.32 Å². The number of aromatic nitrogens is 4. The van der Waals surface area contributed by atoms with Crippen molar-refractivity contribution in [2.24, 2.45) is 0 Å². The highest BCUT2D eigenvalue weighted by Gasteiger charge is 2.09. The van der Waals surface area contributed by atoms with Crippen molar-refractivity contribution in [1.29, 1.82) is 0 Å². The topological polar surface area (TPSA) is 72.7 Å². The number of thioether (sulfide) groups is 1. The van der Waals surface area contributed by atoms with Gasteiger partial charge in [-0.25, -0.2) is 0 Å². The fraction of sp³-hybridized carbons (Fsp3) is 0.231. The maximum absolute atomic E-state index is 11.4. The zero-order valence-electron chi connectivity index (χ0n) is 10.9. The molecule has 0 unspecified atom stereocenters.